The number of aliphatic hydroxyl groups is 1. The van der Waals surface area contributed by atoms with Gasteiger partial charge in [-0.05, 0) is 30.7 Å². The monoisotopic (exact) mass is 126 g/mol. The fourth-order valence-corrected chi connectivity index (χ4v) is 0.593. The minimum Gasteiger partial charge on any atom is -0.508 e. The zero-order valence-corrected chi connectivity index (χ0v) is 4.84. The molecule has 0 saturated heterocycles. The highest BCUT2D eigenvalue weighted by molar-refractivity contribution is 5.24. The number of halogens is 1. The molecular weight excluding hydrogens is 119 g/mol. The first kappa shape index (κ1) is 6.08. The van der Waals surface area contributed by atoms with Gasteiger partial charge in [-0.2, -0.15) is 0 Å². The SMILES string of the molecule is OC1=CCC=C(F)C=C1. The van der Waals surface area contributed by atoms with E-state index in [-0.39, 0.29) is 11.6 Å². The summed E-state index contributed by atoms with van der Waals surface area (Å²) in [4.78, 5) is 0. The Balaban J connectivity index is 2.75. The van der Waals surface area contributed by atoms with Crippen molar-refractivity contribution in [3.05, 3.63) is 35.9 Å². The third-order valence-corrected chi connectivity index (χ3v) is 1.05. The molecule has 2 heteroatoms. The van der Waals surface area contributed by atoms with Crippen LogP contribution in [0.3, 0.4) is 0 Å². The first-order valence-corrected chi connectivity index (χ1v) is 2.72. The molecule has 1 aliphatic rings. The average molecular weight is 126 g/mol. The molecule has 0 fully saturated rings. The molecule has 0 atom stereocenters. The first-order valence-electron chi connectivity index (χ1n) is 2.72. The standard InChI is InChI=1S/C7H7FO/c8-6-2-1-3-7(9)5-4-6/h2-5,9H,1H2. The fraction of sp³-hybridized carbons (Fsp3) is 0.143. The van der Waals surface area contributed by atoms with Crippen molar-refractivity contribution in [1.29, 1.82) is 0 Å². The molecular formula is C7H7FO. The molecule has 0 amide bonds. The highest BCUT2D eigenvalue weighted by atomic mass is 19.1. The lowest BCUT2D eigenvalue weighted by Gasteiger charge is -1.82. The van der Waals surface area contributed by atoms with Gasteiger partial charge in [0.15, 0.2) is 0 Å². The van der Waals surface area contributed by atoms with E-state index in [4.69, 9.17) is 5.11 Å². The minimum absolute atomic E-state index is 0.124. The molecule has 0 aromatic rings. The second-order valence-corrected chi connectivity index (χ2v) is 1.79. The van der Waals surface area contributed by atoms with Gasteiger partial charge in [0, 0.05) is 0 Å². The summed E-state index contributed by atoms with van der Waals surface area (Å²) >= 11 is 0. The Hall–Kier alpha value is -1.05. The largest absolute Gasteiger partial charge is 0.508 e. The van der Waals surface area contributed by atoms with Gasteiger partial charge in [0.1, 0.15) is 11.6 Å². The summed E-state index contributed by atoms with van der Waals surface area (Å²) in [5.74, 6) is -0.172. The molecule has 0 unspecified atom stereocenters. The lowest BCUT2D eigenvalue weighted by Crippen LogP contribution is -1.68. The van der Waals surface area contributed by atoms with Crippen molar-refractivity contribution < 1.29 is 9.50 Å². The molecule has 1 rings (SSSR count). The highest BCUT2D eigenvalue weighted by Gasteiger charge is 1.92. The van der Waals surface area contributed by atoms with Crippen molar-refractivity contribution in [2.75, 3.05) is 0 Å². The molecule has 0 aliphatic heterocycles. The second-order valence-electron chi connectivity index (χ2n) is 1.79. The van der Waals surface area contributed by atoms with Gasteiger partial charge in [-0.25, -0.2) is 4.39 Å². The van der Waals surface area contributed by atoms with Crippen LogP contribution in [-0.4, -0.2) is 5.11 Å². The van der Waals surface area contributed by atoms with Crippen LogP contribution >= 0.6 is 0 Å². The van der Waals surface area contributed by atoms with Gasteiger partial charge in [0.2, 0.25) is 0 Å². The number of rotatable bonds is 0. The van der Waals surface area contributed by atoms with E-state index < -0.39 is 0 Å². The smallest absolute Gasteiger partial charge is 0.119 e. The predicted molar refractivity (Wildman–Crippen MR) is 33.7 cm³/mol. The molecule has 0 bridgehead atoms. The number of hydrogen-bond donors (Lipinski definition) is 1. The van der Waals surface area contributed by atoms with Crippen LogP contribution in [0.2, 0.25) is 0 Å². The van der Waals surface area contributed by atoms with Crippen LogP contribution in [0.25, 0.3) is 0 Å². The van der Waals surface area contributed by atoms with E-state index in [0.717, 1.165) is 0 Å². The maximum absolute atomic E-state index is 12.2. The van der Waals surface area contributed by atoms with E-state index >= 15 is 0 Å². The summed E-state index contributed by atoms with van der Waals surface area (Å²) < 4.78 is 12.2. The van der Waals surface area contributed by atoms with Crippen molar-refractivity contribution >= 4 is 0 Å². The fourth-order valence-electron chi connectivity index (χ4n) is 0.593. The van der Waals surface area contributed by atoms with Crippen molar-refractivity contribution in [3.8, 4) is 0 Å². The predicted octanol–water partition coefficient (Wildman–Crippen LogP) is 2.24. The third-order valence-electron chi connectivity index (χ3n) is 1.05. The van der Waals surface area contributed by atoms with Crippen LogP contribution in [0.1, 0.15) is 6.42 Å². The number of aliphatic hydroxyl groups excluding tert-OH is 1. The molecule has 0 aromatic carbocycles. The number of hydrogen-bond acceptors (Lipinski definition) is 1. The van der Waals surface area contributed by atoms with Gasteiger partial charge in [-0.15, -0.1) is 0 Å². The van der Waals surface area contributed by atoms with Gasteiger partial charge < -0.3 is 5.11 Å². The molecule has 0 spiro atoms. The van der Waals surface area contributed by atoms with Crippen LogP contribution in [0.4, 0.5) is 4.39 Å². The summed E-state index contributed by atoms with van der Waals surface area (Å²) in [7, 11) is 0. The van der Waals surface area contributed by atoms with Gasteiger partial charge in [0.25, 0.3) is 0 Å². The van der Waals surface area contributed by atoms with E-state index in [0.29, 0.717) is 6.42 Å². The van der Waals surface area contributed by atoms with Crippen LogP contribution in [0.15, 0.2) is 35.9 Å². The van der Waals surface area contributed by atoms with Crippen LogP contribution in [0, 0.1) is 0 Å². The Morgan fingerprint density at radius 1 is 1.33 bits per heavy atom. The maximum atomic E-state index is 12.2. The molecule has 0 aromatic heterocycles. The Morgan fingerprint density at radius 3 is 2.89 bits per heavy atom. The molecule has 0 saturated carbocycles. The van der Waals surface area contributed by atoms with Gasteiger partial charge in [-0.3, -0.25) is 0 Å². The Bertz CT molecular complexity index is 169. The molecule has 0 radical (unpaired) electrons. The Labute approximate surface area is 52.8 Å². The normalized spacial score (nSPS) is 18.3. The maximum Gasteiger partial charge on any atom is 0.119 e. The van der Waals surface area contributed by atoms with E-state index in [1.54, 1.807) is 6.08 Å². The van der Waals surface area contributed by atoms with E-state index in [9.17, 15) is 4.39 Å². The molecule has 0 heterocycles. The van der Waals surface area contributed by atoms with E-state index in [1.807, 2.05) is 0 Å². The van der Waals surface area contributed by atoms with Gasteiger partial charge >= 0.3 is 0 Å². The molecule has 9 heavy (non-hydrogen) atoms. The summed E-state index contributed by atoms with van der Waals surface area (Å²) in [6, 6.07) is 0. The topological polar surface area (TPSA) is 20.2 Å². The molecule has 1 aliphatic carbocycles. The minimum atomic E-state index is -0.296. The first-order chi connectivity index (χ1) is 4.29. The number of allylic oxidation sites excluding steroid dienone is 5. The Kier molecular flexibility index (Phi) is 1.68. The molecule has 48 valence electrons. The van der Waals surface area contributed by atoms with Crippen LogP contribution in [-0.2, 0) is 0 Å². The van der Waals surface area contributed by atoms with Crippen molar-refractivity contribution in [3.63, 3.8) is 0 Å². The zero-order valence-electron chi connectivity index (χ0n) is 4.84. The quantitative estimate of drug-likeness (QED) is 0.527. The van der Waals surface area contributed by atoms with Gasteiger partial charge in [-0.1, -0.05) is 0 Å². The third kappa shape index (κ3) is 1.72. The molecule has 1 N–H and O–H groups in total. The summed E-state index contributed by atoms with van der Waals surface area (Å²) in [5.41, 5.74) is 0. The summed E-state index contributed by atoms with van der Waals surface area (Å²) in [6.45, 7) is 0. The highest BCUT2D eigenvalue weighted by Crippen LogP contribution is 2.08. The lowest BCUT2D eigenvalue weighted by molar-refractivity contribution is 0.430. The summed E-state index contributed by atoms with van der Waals surface area (Å²) in [5, 5.41) is 8.78. The Morgan fingerprint density at radius 2 is 2.11 bits per heavy atom. The van der Waals surface area contributed by atoms with Crippen molar-refractivity contribution in [2.24, 2.45) is 0 Å². The van der Waals surface area contributed by atoms with Crippen LogP contribution in [0.5, 0.6) is 0 Å². The van der Waals surface area contributed by atoms with Gasteiger partial charge in [0.05, 0.1) is 0 Å². The average Bonchev–Trinajstić information content (AvgIpc) is 1.97. The lowest BCUT2D eigenvalue weighted by atomic mass is 10.3. The summed E-state index contributed by atoms with van der Waals surface area (Å²) in [6.07, 6.45) is 5.98. The van der Waals surface area contributed by atoms with E-state index in [1.165, 1.54) is 18.2 Å². The van der Waals surface area contributed by atoms with E-state index in [2.05, 4.69) is 0 Å². The second kappa shape index (κ2) is 2.49. The van der Waals surface area contributed by atoms with Crippen molar-refractivity contribution in [1.82, 2.24) is 0 Å². The molecule has 1 nitrogen and oxygen atoms in total. The van der Waals surface area contributed by atoms with Crippen LogP contribution < -0.4 is 0 Å². The van der Waals surface area contributed by atoms with Crippen molar-refractivity contribution in [2.45, 2.75) is 6.42 Å². The zero-order chi connectivity index (χ0) is 6.69.